The van der Waals surface area contributed by atoms with E-state index in [1.165, 1.54) is 24.9 Å². The van der Waals surface area contributed by atoms with Crippen LogP contribution in [0.25, 0.3) is 28.3 Å². The Labute approximate surface area is 255 Å². The van der Waals surface area contributed by atoms with Crippen LogP contribution in [-0.4, -0.2) is 58.0 Å². The predicted octanol–water partition coefficient (Wildman–Crippen LogP) is 3.03. The van der Waals surface area contributed by atoms with Crippen molar-refractivity contribution in [2.75, 3.05) is 37.2 Å². The van der Waals surface area contributed by atoms with Crippen LogP contribution in [0.2, 0.25) is 0 Å². The fraction of sp³-hybridized carbons (Fsp3) is 0.273. The molecule has 11 nitrogen and oxygen atoms in total. The number of aliphatic hydroxyl groups excluding tert-OH is 1. The minimum Gasteiger partial charge on any atom is -0.395 e. The molecule has 2 aromatic carbocycles. The van der Waals surface area contributed by atoms with E-state index >= 15 is 0 Å². The van der Waals surface area contributed by atoms with Gasteiger partial charge in [-0.1, -0.05) is 36.4 Å². The van der Waals surface area contributed by atoms with Gasteiger partial charge in [0, 0.05) is 50.8 Å². The standard InChI is InChI=1S/C33H36N6O5/c1-20-24(22-16-30-29(35-17-22)13-12-23(39(30)44-5)18-34-14-15-40)8-6-9-25(20)26-10-7-11-28(21(26)2)36-31(41)27-19-37(3)33(43)38(4)32(27)42/h6-13,16-17,19,23,34,40H,14-15,18H2,1-5H3,(H,36,41). The molecule has 0 saturated carbocycles. The fourth-order valence-electron chi connectivity index (χ4n) is 5.55. The van der Waals surface area contributed by atoms with Crippen LogP contribution in [0.4, 0.5) is 11.4 Å². The number of amides is 1. The van der Waals surface area contributed by atoms with Crippen LogP contribution < -0.4 is 26.9 Å². The zero-order valence-electron chi connectivity index (χ0n) is 25.4. The third-order valence-electron chi connectivity index (χ3n) is 7.96. The van der Waals surface area contributed by atoms with E-state index in [0.29, 0.717) is 18.8 Å². The lowest BCUT2D eigenvalue weighted by Gasteiger charge is -2.33. The van der Waals surface area contributed by atoms with E-state index in [9.17, 15) is 14.4 Å². The van der Waals surface area contributed by atoms with E-state index in [0.717, 1.165) is 49.3 Å². The van der Waals surface area contributed by atoms with Gasteiger partial charge < -0.3 is 20.3 Å². The van der Waals surface area contributed by atoms with Gasteiger partial charge in [-0.3, -0.25) is 24.0 Å². The second-order valence-corrected chi connectivity index (χ2v) is 10.7. The molecule has 11 heteroatoms. The van der Waals surface area contributed by atoms with Crippen molar-refractivity contribution < 1.29 is 14.7 Å². The first-order valence-corrected chi connectivity index (χ1v) is 14.3. The Hall–Kier alpha value is -4.84. The summed E-state index contributed by atoms with van der Waals surface area (Å²) in [6.07, 6.45) is 7.12. The van der Waals surface area contributed by atoms with Crippen molar-refractivity contribution in [1.29, 1.82) is 0 Å². The van der Waals surface area contributed by atoms with Crippen molar-refractivity contribution in [2.24, 2.45) is 14.1 Å². The van der Waals surface area contributed by atoms with E-state index in [-0.39, 0.29) is 18.2 Å². The van der Waals surface area contributed by atoms with Crippen molar-refractivity contribution in [3.63, 3.8) is 0 Å². The van der Waals surface area contributed by atoms with E-state index < -0.39 is 17.2 Å². The molecule has 1 unspecified atom stereocenters. The maximum absolute atomic E-state index is 13.1. The second-order valence-electron chi connectivity index (χ2n) is 10.7. The molecule has 4 aromatic rings. The molecule has 5 rings (SSSR count). The summed E-state index contributed by atoms with van der Waals surface area (Å²) in [4.78, 5) is 48.3. The third-order valence-corrected chi connectivity index (χ3v) is 7.96. The van der Waals surface area contributed by atoms with Gasteiger partial charge in [0.25, 0.3) is 11.5 Å². The number of aliphatic hydroxyl groups is 1. The number of carbonyl (C=O) groups is 1. The molecule has 3 N–H and O–H groups in total. The Morgan fingerprint density at radius 3 is 2.48 bits per heavy atom. The molecule has 0 saturated heterocycles. The number of carbonyl (C=O) groups excluding carboxylic acids is 1. The Bertz CT molecular complexity index is 1880. The van der Waals surface area contributed by atoms with Crippen LogP contribution in [0.5, 0.6) is 0 Å². The van der Waals surface area contributed by atoms with Crippen molar-refractivity contribution in [1.82, 2.24) is 19.4 Å². The molecular formula is C33H36N6O5. The molecule has 3 heterocycles. The molecule has 44 heavy (non-hydrogen) atoms. The predicted molar refractivity (Wildman–Crippen MR) is 172 cm³/mol. The van der Waals surface area contributed by atoms with E-state index in [4.69, 9.17) is 14.9 Å². The Kier molecular flexibility index (Phi) is 8.91. The zero-order valence-corrected chi connectivity index (χ0v) is 25.4. The molecule has 228 valence electrons. The van der Waals surface area contributed by atoms with Gasteiger partial charge in [0.1, 0.15) is 5.56 Å². The maximum atomic E-state index is 13.1. The highest BCUT2D eigenvalue weighted by atomic mass is 16.7. The summed E-state index contributed by atoms with van der Waals surface area (Å²) in [5.74, 6) is -0.589. The number of nitrogens with zero attached hydrogens (tertiary/aromatic N) is 4. The summed E-state index contributed by atoms with van der Waals surface area (Å²) in [6.45, 7) is 5.13. The number of anilines is 2. The van der Waals surface area contributed by atoms with Gasteiger partial charge in [-0.15, -0.1) is 0 Å². The van der Waals surface area contributed by atoms with Gasteiger partial charge >= 0.3 is 5.69 Å². The van der Waals surface area contributed by atoms with Gasteiger partial charge in [-0.2, -0.15) is 0 Å². The molecule has 1 atom stereocenters. The molecule has 0 spiro atoms. The number of hydroxylamine groups is 1. The van der Waals surface area contributed by atoms with E-state index in [1.54, 1.807) is 13.2 Å². The van der Waals surface area contributed by atoms with Crippen LogP contribution in [0.3, 0.4) is 0 Å². The summed E-state index contributed by atoms with van der Waals surface area (Å²) >= 11 is 0. The highest BCUT2D eigenvalue weighted by Gasteiger charge is 2.25. The highest BCUT2D eigenvalue weighted by Crippen LogP contribution is 2.37. The summed E-state index contributed by atoms with van der Waals surface area (Å²) in [7, 11) is 4.47. The summed E-state index contributed by atoms with van der Waals surface area (Å²) in [5.41, 5.74) is 6.64. The van der Waals surface area contributed by atoms with Crippen LogP contribution >= 0.6 is 0 Å². The number of aromatic nitrogens is 3. The number of hydrogen-bond donors (Lipinski definition) is 3. The van der Waals surface area contributed by atoms with Crippen LogP contribution in [-0.2, 0) is 18.9 Å². The molecule has 0 radical (unpaired) electrons. The maximum Gasteiger partial charge on any atom is 0.330 e. The number of pyridine rings is 1. The van der Waals surface area contributed by atoms with Gasteiger partial charge in [0.2, 0.25) is 0 Å². The summed E-state index contributed by atoms with van der Waals surface area (Å²) in [6, 6.07) is 13.7. The average Bonchev–Trinajstić information content (AvgIpc) is 3.02. The van der Waals surface area contributed by atoms with Crippen LogP contribution in [0.15, 0.2) is 70.5 Å². The Morgan fingerprint density at radius 1 is 1.05 bits per heavy atom. The lowest BCUT2D eigenvalue weighted by Crippen LogP contribution is -2.43. The van der Waals surface area contributed by atoms with Gasteiger partial charge in [0.15, 0.2) is 0 Å². The van der Waals surface area contributed by atoms with Crippen LogP contribution in [0, 0.1) is 13.8 Å². The quantitative estimate of drug-likeness (QED) is 0.252. The second kappa shape index (κ2) is 12.8. The monoisotopic (exact) mass is 596 g/mol. The number of benzene rings is 2. The lowest BCUT2D eigenvalue weighted by molar-refractivity contribution is 0.102. The Balaban J connectivity index is 1.48. The molecule has 1 amide bonds. The van der Waals surface area contributed by atoms with Gasteiger partial charge in [-0.25, -0.2) is 9.86 Å². The van der Waals surface area contributed by atoms with E-state index in [1.807, 2.05) is 54.6 Å². The topological polar surface area (TPSA) is 131 Å². The molecule has 2 aromatic heterocycles. The highest BCUT2D eigenvalue weighted by molar-refractivity contribution is 6.04. The van der Waals surface area contributed by atoms with Crippen molar-refractivity contribution in [2.45, 2.75) is 19.9 Å². The number of hydrogen-bond acceptors (Lipinski definition) is 8. The van der Waals surface area contributed by atoms with Crippen molar-refractivity contribution >= 4 is 23.4 Å². The minimum absolute atomic E-state index is 0.0607. The number of aryl methyl sites for hydroxylation is 1. The zero-order chi connectivity index (χ0) is 31.5. The van der Waals surface area contributed by atoms with Gasteiger partial charge in [-0.05, 0) is 59.9 Å². The first kappa shape index (κ1) is 30.6. The normalized spacial score (nSPS) is 14.0. The number of nitrogens with one attached hydrogen (secondary N) is 2. The number of fused-ring (bicyclic) bond motifs is 1. The SMILES string of the molecule is CON1c2cc(-c3cccc(-c4cccc(NC(=O)c5cn(C)c(=O)n(C)c5=O)c4C)c3C)cnc2C=CC1CNCCO. The molecular weight excluding hydrogens is 560 g/mol. The fourth-order valence-corrected chi connectivity index (χ4v) is 5.55. The van der Waals surface area contributed by atoms with Crippen LogP contribution in [0.1, 0.15) is 27.2 Å². The number of rotatable bonds is 9. The lowest BCUT2D eigenvalue weighted by atomic mass is 9.90. The first-order valence-electron chi connectivity index (χ1n) is 14.3. The largest absolute Gasteiger partial charge is 0.395 e. The third kappa shape index (κ3) is 5.72. The van der Waals surface area contributed by atoms with Gasteiger partial charge in [0.05, 0.1) is 31.1 Å². The summed E-state index contributed by atoms with van der Waals surface area (Å²) in [5, 5.41) is 17.1. The molecule has 0 fully saturated rings. The van der Waals surface area contributed by atoms with Crippen molar-refractivity contribution in [3.05, 3.63) is 104 Å². The van der Waals surface area contributed by atoms with Crippen molar-refractivity contribution in [3.8, 4) is 22.3 Å². The first-order chi connectivity index (χ1) is 21.2. The van der Waals surface area contributed by atoms with E-state index in [2.05, 4.69) is 29.7 Å². The molecule has 0 aliphatic carbocycles. The average molecular weight is 597 g/mol. The minimum atomic E-state index is -0.656. The summed E-state index contributed by atoms with van der Waals surface area (Å²) < 4.78 is 2.12. The molecule has 0 bridgehead atoms. The Morgan fingerprint density at radius 2 is 1.75 bits per heavy atom. The smallest absolute Gasteiger partial charge is 0.330 e. The molecule has 1 aliphatic rings. The molecule has 1 aliphatic heterocycles.